The van der Waals surface area contributed by atoms with Gasteiger partial charge in [-0.3, -0.25) is 4.90 Å². The van der Waals surface area contributed by atoms with E-state index in [4.69, 9.17) is 15.9 Å². The lowest BCUT2D eigenvalue weighted by atomic mass is 10.2. The van der Waals surface area contributed by atoms with Gasteiger partial charge in [0.15, 0.2) is 11.5 Å². The second-order valence-corrected chi connectivity index (χ2v) is 4.90. The SMILES string of the molecule is C#CCOc1cc(CN2CCCC2)ccc1OC(=O)NC. The van der Waals surface area contributed by atoms with Crippen molar-refractivity contribution in [1.82, 2.24) is 10.2 Å². The van der Waals surface area contributed by atoms with Crippen LogP contribution in [0.5, 0.6) is 11.5 Å². The quantitative estimate of drug-likeness (QED) is 0.842. The third-order valence-electron chi connectivity index (χ3n) is 3.33. The van der Waals surface area contributed by atoms with E-state index in [1.165, 1.54) is 19.9 Å². The predicted octanol–water partition coefficient (Wildman–Crippen LogP) is 2.01. The molecule has 1 heterocycles. The molecule has 1 amide bonds. The van der Waals surface area contributed by atoms with E-state index in [1.54, 1.807) is 6.07 Å². The number of likely N-dealkylation sites (tertiary alicyclic amines) is 1. The van der Waals surface area contributed by atoms with E-state index >= 15 is 0 Å². The van der Waals surface area contributed by atoms with Gasteiger partial charge in [0.05, 0.1) is 0 Å². The van der Waals surface area contributed by atoms with Crippen molar-refractivity contribution in [2.45, 2.75) is 19.4 Å². The van der Waals surface area contributed by atoms with Crippen LogP contribution in [0.3, 0.4) is 0 Å². The van der Waals surface area contributed by atoms with Crippen molar-refractivity contribution in [1.29, 1.82) is 0 Å². The summed E-state index contributed by atoms with van der Waals surface area (Å²) in [4.78, 5) is 13.7. The van der Waals surface area contributed by atoms with Crippen LogP contribution in [-0.2, 0) is 6.54 Å². The van der Waals surface area contributed by atoms with E-state index < -0.39 is 6.09 Å². The Bertz CT molecular complexity index is 531. The molecule has 1 aliphatic rings. The average molecular weight is 288 g/mol. The number of hydrogen-bond acceptors (Lipinski definition) is 4. The topological polar surface area (TPSA) is 50.8 Å². The van der Waals surface area contributed by atoms with Gasteiger partial charge >= 0.3 is 6.09 Å². The average Bonchev–Trinajstić information content (AvgIpc) is 3.00. The first-order valence-corrected chi connectivity index (χ1v) is 7.04. The maximum atomic E-state index is 11.3. The van der Waals surface area contributed by atoms with Crippen molar-refractivity contribution in [2.24, 2.45) is 0 Å². The summed E-state index contributed by atoms with van der Waals surface area (Å²) in [5, 5.41) is 2.40. The van der Waals surface area contributed by atoms with Gasteiger partial charge in [-0.05, 0) is 43.6 Å². The molecule has 0 spiro atoms. The van der Waals surface area contributed by atoms with Crippen LogP contribution in [0.2, 0.25) is 0 Å². The van der Waals surface area contributed by atoms with E-state index in [-0.39, 0.29) is 6.61 Å². The number of amides is 1. The minimum absolute atomic E-state index is 0.136. The van der Waals surface area contributed by atoms with Crippen LogP contribution in [0, 0.1) is 12.3 Å². The zero-order chi connectivity index (χ0) is 15.1. The molecule has 21 heavy (non-hydrogen) atoms. The maximum Gasteiger partial charge on any atom is 0.412 e. The molecule has 0 atom stereocenters. The van der Waals surface area contributed by atoms with Gasteiger partial charge in [0, 0.05) is 13.6 Å². The molecule has 0 saturated carbocycles. The Labute approximate surface area is 125 Å². The Morgan fingerprint density at radius 3 is 2.81 bits per heavy atom. The van der Waals surface area contributed by atoms with Crippen molar-refractivity contribution in [3.05, 3.63) is 23.8 Å². The fourth-order valence-electron chi connectivity index (χ4n) is 2.32. The van der Waals surface area contributed by atoms with Gasteiger partial charge < -0.3 is 14.8 Å². The van der Waals surface area contributed by atoms with Gasteiger partial charge in [-0.25, -0.2) is 4.79 Å². The van der Waals surface area contributed by atoms with Crippen LogP contribution in [-0.4, -0.2) is 37.7 Å². The summed E-state index contributed by atoms with van der Waals surface area (Å²) in [5.74, 6) is 3.28. The molecule has 2 rings (SSSR count). The lowest BCUT2D eigenvalue weighted by Gasteiger charge is -2.16. The van der Waals surface area contributed by atoms with Crippen LogP contribution in [0.1, 0.15) is 18.4 Å². The highest BCUT2D eigenvalue weighted by molar-refractivity contribution is 5.71. The molecule has 5 heteroatoms. The van der Waals surface area contributed by atoms with Gasteiger partial charge in [-0.15, -0.1) is 6.42 Å². The second-order valence-electron chi connectivity index (χ2n) is 4.90. The number of hydrogen-bond donors (Lipinski definition) is 1. The summed E-state index contributed by atoms with van der Waals surface area (Å²) < 4.78 is 10.6. The second kappa shape index (κ2) is 7.55. The Balaban J connectivity index is 2.12. The highest BCUT2D eigenvalue weighted by Crippen LogP contribution is 2.29. The number of terminal acetylenes is 1. The molecule has 112 valence electrons. The minimum Gasteiger partial charge on any atom is -0.477 e. The summed E-state index contributed by atoms with van der Waals surface area (Å²) in [7, 11) is 1.51. The van der Waals surface area contributed by atoms with Crippen LogP contribution in [0.4, 0.5) is 4.79 Å². The number of carbonyl (C=O) groups is 1. The van der Waals surface area contributed by atoms with Crippen LogP contribution in [0.15, 0.2) is 18.2 Å². The number of ether oxygens (including phenoxy) is 2. The molecule has 5 nitrogen and oxygen atoms in total. The fraction of sp³-hybridized carbons (Fsp3) is 0.438. The number of carbonyl (C=O) groups excluding carboxylic acids is 1. The molecule has 0 aliphatic carbocycles. The summed E-state index contributed by atoms with van der Waals surface area (Å²) in [6.07, 6.45) is 7.18. The van der Waals surface area contributed by atoms with Gasteiger partial charge in [0.1, 0.15) is 6.61 Å². The maximum absolute atomic E-state index is 11.3. The monoisotopic (exact) mass is 288 g/mol. The molecule has 1 aromatic rings. The normalized spacial score (nSPS) is 14.5. The van der Waals surface area contributed by atoms with E-state index in [1.807, 2.05) is 12.1 Å². The largest absolute Gasteiger partial charge is 0.477 e. The molecule has 0 radical (unpaired) electrons. The summed E-state index contributed by atoms with van der Waals surface area (Å²) in [6, 6.07) is 5.57. The molecule has 1 N–H and O–H groups in total. The van der Waals surface area contributed by atoms with E-state index in [0.29, 0.717) is 11.5 Å². The molecule has 0 bridgehead atoms. The third kappa shape index (κ3) is 4.40. The summed E-state index contributed by atoms with van der Waals surface area (Å²) >= 11 is 0. The molecular formula is C16H20N2O3. The molecule has 0 aromatic heterocycles. The molecule has 0 unspecified atom stereocenters. The Kier molecular flexibility index (Phi) is 5.47. The first kappa shape index (κ1) is 15.2. The van der Waals surface area contributed by atoms with Crippen molar-refractivity contribution in [3.63, 3.8) is 0 Å². The van der Waals surface area contributed by atoms with Gasteiger partial charge in [0.2, 0.25) is 0 Å². The number of nitrogens with one attached hydrogen (secondary N) is 1. The van der Waals surface area contributed by atoms with Crippen LogP contribution < -0.4 is 14.8 Å². The zero-order valence-corrected chi connectivity index (χ0v) is 12.2. The van der Waals surface area contributed by atoms with E-state index in [0.717, 1.165) is 25.2 Å². The van der Waals surface area contributed by atoms with E-state index in [9.17, 15) is 4.79 Å². The summed E-state index contributed by atoms with van der Waals surface area (Å²) in [5.41, 5.74) is 1.12. The zero-order valence-electron chi connectivity index (χ0n) is 12.2. The summed E-state index contributed by atoms with van der Waals surface area (Å²) in [6.45, 7) is 3.25. The van der Waals surface area contributed by atoms with Gasteiger partial charge in [0.25, 0.3) is 0 Å². The standard InChI is InChI=1S/C16H20N2O3/c1-3-10-20-15-11-13(12-18-8-4-5-9-18)6-7-14(15)21-16(19)17-2/h1,6-7,11H,4-5,8-10,12H2,2H3,(H,17,19). The van der Waals surface area contributed by atoms with Crippen LogP contribution in [0.25, 0.3) is 0 Å². The van der Waals surface area contributed by atoms with E-state index in [2.05, 4.69) is 16.1 Å². The van der Waals surface area contributed by atoms with Crippen molar-refractivity contribution >= 4 is 6.09 Å². The Hall–Kier alpha value is -2.19. The Morgan fingerprint density at radius 2 is 2.14 bits per heavy atom. The molecule has 1 saturated heterocycles. The van der Waals surface area contributed by atoms with Gasteiger partial charge in [-0.1, -0.05) is 12.0 Å². The predicted molar refractivity (Wildman–Crippen MR) is 80.4 cm³/mol. The lowest BCUT2D eigenvalue weighted by molar-refractivity contribution is 0.200. The molecule has 1 fully saturated rings. The van der Waals surface area contributed by atoms with Crippen LogP contribution >= 0.6 is 0 Å². The van der Waals surface area contributed by atoms with Crippen molar-refractivity contribution in [3.8, 4) is 23.8 Å². The van der Waals surface area contributed by atoms with Gasteiger partial charge in [-0.2, -0.15) is 0 Å². The smallest absolute Gasteiger partial charge is 0.412 e. The first-order valence-electron chi connectivity index (χ1n) is 7.04. The lowest BCUT2D eigenvalue weighted by Crippen LogP contribution is -2.22. The molecular weight excluding hydrogens is 268 g/mol. The Morgan fingerprint density at radius 1 is 1.38 bits per heavy atom. The highest BCUT2D eigenvalue weighted by Gasteiger charge is 2.14. The number of nitrogens with zero attached hydrogens (tertiary/aromatic N) is 1. The molecule has 1 aromatic carbocycles. The molecule has 1 aliphatic heterocycles. The number of benzene rings is 1. The highest BCUT2D eigenvalue weighted by atomic mass is 16.6. The third-order valence-corrected chi connectivity index (χ3v) is 3.33. The first-order chi connectivity index (χ1) is 10.2. The fourth-order valence-corrected chi connectivity index (χ4v) is 2.32. The number of rotatable bonds is 5. The minimum atomic E-state index is -0.534. The van der Waals surface area contributed by atoms with Crippen molar-refractivity contribution < 1.29 is 14.3 Å². The van der Waals surface area contributed by atoms with Crippen molar-refractivity contribution in [2.75, 3.05) is 26.7 Å².